The van der Waals surface area contributed by atoms with Crippen molar-refractivity contribution in [3.63, 3.8) is 0 Å². The highest BCUT2D eigenvalue weighted by molar-refractivity contribution is 6.33. The average Bonchev–Trinajstić information content (AvgIpc) is 2.67. The quantitative estimate of drug-likeness (QED) is 0.753. The van der Waals surface area contributed by atoms with Gasteiger partial charge < -0.3 is 19.9 Å². The van der Waals surface area contributed by atoms with Crippen LogP contribution in [0.25, 0.3) is 0 Å². The van der Waals surface area contributed by atoms with Gasteiger partial charge in [-0.3, -0.25) is 0 Å². The highest BCUT2D eigenvalue weighted by Gasteiger charge is 2.26. The third-order valence-corrected chi connectivity index (χ3v) is 4.38. The van der Waals surface area contributed by atoms with Crippen LogP contribution in [0.4, 0.5) is 16.2 Å². The Hall–Kier alpha value is -3.41. The van der Waals surface area contributed by atoms with Crippen LogP contribution >= 0.6 is 11.6 Å². The van der Waals surface area contributed by atoms with Crippen molar-refractivity contribution < 1.29 is 9.53 Å². The van der Waals surface area contributed by atoms with Gasteiger partial charge in [-0.2, -0.15) is 15.8 Å². The van der Waals surface area contributed by atoms with Crippen LogP contribution in [0.5, 0.6) is 0 Å². The number of carbonyl (C=O) groups excluding carboxylic acids is 1. The summed E-state index contributed by atoms with van der Waals surface area (Å²) < 4.78 is 5.40. The van der Waals surface area contributed by atoms with E-state index < -0.39 is 5.60 Å². The molecule has 1 amide bonds. The summed E-state index contributed by atoms with van der Waals surface area (Å²) in [5.74, 6) is 0. The van der Waals surface area contributed by atoms with Gasteiger partial charge >= 0.3 is 6.09 Å². The molecule has 1 fully saturated rings. The minimum atomic E-state index is -0.534. The largest absolute Gasteiger partial charge is 0.444 e. The predicted molar refractivity (Wildman–Crippen MR) is 109 cm³/mol. The molecule has 0 radical (unpaired) electrons. The van der Waals surface area contributed by atoms with Crippen LogP contribution in [0, 0.1) is 34.0 Å². The number of piperazine rings is 1. The molecule has 29 heavy (non-hydrogen) atoms. The number of amides is 1. The normalized spacial score (nSPS) is 13.6. The molecule has 150 valence electrons. The zero-order valence-corrected chi connectivity index (χ0v) is 17.2. The Morgan fingerprint density at radius 1 is 1.10 bits per heavy atom. The molecule has 1 N–H and O–H groups in total. The first-order chi connectivity index (χ1) is 13.7. The molecular formula is C20H21ClN6O2. The SMILES string of the molecule is CC(C)(C)OC(=O)N1CCN(c2ccc(NC(C#N)=C(C#N)C#N)cc2Cl)CC1. The van der Waals surface area contributed by atoms with Crippen LogP contribution in [0.3, 0.4) is 0 Å². The van der Waals surface area contributed by atoms with Crippen molar-refractivity contribution in [3.05, 3.63) is 34.5 Å². The van der Waals surface area contributed by atoms with Crippen molar-refractivity contribution in [2.75, 3.05) is 36.4 Å². The van der Waals surface area contributed by atoms with Gasteiger partial charge in [0.05, 0.1) is 10.7 Å². The number of ether oxygens (including phenoxy) is 1. The third-order valence-electron chi connectivity index (χ3n) is 4.07. The number of allylic oxidation sites excluding steroid dienone is 2. The highest BCUT2D eigenvalue weighted by atomic mass is 35.5. The lowest BCUT2D eigenvalue weighted by Crippen LogP contribution is -2.50. The van der Waals surface area contributed by atoms with E-state index in [2.05, 4.69) is 10.2 Å². The monoisotopic (exact) mass is 412 g/mol. The molecule has 1 aromatic rings. The number of nitriles is 3. The van der Waals surface area contributed by atoms with E-state index in [-0.39, 0.29) is 17.4 Å². The molecule has 1 saturated heterocycles. The van der Waals surface area contributed by atoms with Gasteiger partial charge in [0.15, 0.2) is 5.57 Å². The van der Waals surface area contributed by atoms with Gasteiger partial charge in [-0.05, 0) is 39.0 Å². The summed E-state index contributed by atoms with van der Waals surface area (Å²) in [4.78, 5) is 15.9. The second-order valence-electron chi connectivity index (χ2n) is 7.33. The lowest BCUT2D eigenvalue weighted by atomic mass is 10.2. The molecule has 1 aromatic carbocycles. The fourth-order valence-electron chi connectivity index (χ4n) is 2.73. The van der Waals surface area contributed by atoms with Gasteiger partial charge in [0.25, 0.3) is 0 Å². The molecule has 8 nitrogen and oxygen atoms in total. The molecule has 0 unspecified atom stereocenters. The Morgan fingerprint density at radius 2 is 1.72 bits per heavy atom. The smallest absolute Gasteiger partial charge is 0.410 e. The number of anilines is 2. The van der Waals surface area contributed by atoms with Gasteiger partial charge in [-0.25, -0.2) is 4.79 Å². The number of hydrogen-bond donors (Lipinski definition) is 1. The van der Waals surface area contributed by atoms with E-state index in [0.717, 1.165) is 5.69 Å². The van der Waals surface area contributed by atoms with E-state index in [4.69, 9.17) is 32.1 Å². The summed E-state index contributed by atoms with van der Waals surface area (Å²) >= 11 is 6.41. The lowest BCUT2D eigenvalue weighted by Gasteiger charge is -2.37. The fourth-order valence-corrected chi connectivity index (χ4v) is 3.03. The maximum absolute atomic E-state index is 12.2. The average molecular weight is 413 g/mol. The number of nitrogens with zero attached hydrogens (tertiary/aromatic N) is 5. The summed E-state index contributed by atoms with van der Waals surface area (Å²) in [6.07, 6.45) is -0.329. The molecule has 0 saturated carbocycles. The van der Waals surface area contributed by atoms with E-state index in [9.17, 15) is 4.79 Å². The van der Waals surface area contributed by atoms with Crippen LogP contribution in [0.1, 0.15) is 20.8 Å². The van der Waals surface area contributed by atoms with E-state index in [1.807, 2.05) is 20.8 Å². The lowest BCUT2D eigenvalue weighted by molar-refractivity contribution is 0.0240. The van der Waals surface area contributed by atoms with Crippen LogP contribution in [-0.4, -0.2) is 42.8 Å². The minimum absolute atomic E-state index is 0.134. The van der Waals surface area contributed by atoms with Gasteiger partial charge in [0.1, 0.15) is 29.5 Å². The molecular weight excluding hydrogens is 392 g/mol. The zero-order valence-electron chi connectivity index (χ0n) is 16.5. The maximum atomic E-state index is 12.2. The Kier molecular flexibility index (Phi) is 6.93. The Balaban J connectivity index is 2.07. The number of carbonyl (C=O) groups is 1. The first-order valence-corrected chi connectivity index (χ1v) is 9.30. The standard InChI is InChI=1S/C20H21ClN6O2/c1-20(2,3)29-19(28)27-8-6-26(7-9-27)18-5-4-15(10-16(18)21)25-17(13-24)14(11-22)12-23/h4-5,10,25H,6-9H2,1-3H3. The second kappa shape index (κ2) is 9.19. The van der Waals surface area contributed by atoms with Crippen LogP contribution in [0.2, 0.25) is 5.02 Å². The molecule has 0 bridgehead atoms. The molecule has 0 spiro atoms. The van der Waals surface area contributed by atoms with Crippen LogP contribution < -0.4 is 10.2 Å². The maximum Gasteiger partial charge on any atom is 0.410 e. The molecule has 2 rings (SSSR count). The van der Waals surface area contributed by atoms with Crippen molar-refractivity contribution in [2.45, 2.75) is 26.4 Å². The summed E-state index contributed by atoms with van der Waals surface area (Å²) in [6.45, 7) is 7.73. The number of halogens is 1. The first kappa shape index (κ1) is 21.9. The Labute approximate surface area is 175 Å². The second-order valence-corrected chi connectivity index (χ2v) is 7.74. The van der Waals surface area contributed by atoms with E-state index >= 15 is 0 Å². The third kappa shape index (κ3) is 5.78. The van der Waals surface area contributed by atoms with Gasteiger partial charge in [0, 0.05) is 31.9 Å². The molecule has 0 aromatic heterocycles. The van der Waals surface area contributed by atoms with E-state index in [1.165, 1.54) is 0 Å². The van der Waals surface area contributed by atoms with Crippen molar-refractivity contribution in [1.29, 1.82) is 15.8 Å². The minimum Gasteiger partial charge on any atom is -0.444 e. The van der Waals surface area contributed by atoms with Gasteiger partial charge in [0.2, 0.25) is 0 Å². The number of rotatable bonds is 3. The number of nitrogens with one attached hydrogen (secondary N) is 1. The molecule has 1 aliphatic rings. The first-order valence-electron chi connectivity index (χ1n) is 8.92. The Bertz CT molecular complexity index is 922. The molecule has 0 aliphatic carbocycles. The summed E-state index contributed by atoms with van der Waals surface area (Å²) in [7, 11) is 0. The molecule has 9 heteroatoms. The van der Waals surface area contributed by atoms with E-state index in [1.54, 1.807) is 41.3 Å². The number of benzene rings is 1. The molecule has 0 atom stereocenters. The topological polar surface area (TPSA) is 116 Å². The summed E-state index contributed by atoms with van der Waals surface area (Å²) in [6, 6.07) is 10.3. The zero-order chi connectivity index (χ0) is 21.6. The summed E-state index contributed by atoms with van der Waals surface area (Å²) in [5, 5.41) is 30.1. The van der Waals surface area contributed by atoms with Crippen molar-refractivity contribution in [3.8, 4) is 18.2 Å². The van der Waals surface area contributed by atoms with Crippen molar-refractivity contribution in [1.82, 2.24) is 4.90 Å². The summed E-state index contributed by atoms with van der Waals surface area (Å²) in [5.41, 5.74) is 0.319. The van der Waals surface area contributed by atoms with E-state index in [0.29, 0.717) is 36.9 Å². The van der Waals surface area contributed by atoms with Gasteiger partial charge in [-0.1, -0.05) is 11.6 Å². The fraction of sp³-hybridized carbons (Fsp3) is 0.400. The number of hydrogen-bond acceptors (Lipinski definition) is 7. The molecule has 1 aliphatic heterocycles. The van der Waals surface area contributed by atoms with Crippen LogP contribution in [0.15, 0.2) is 29.5 Å². The van der Waals surface area contributed by atoms with Crippen molar-refractivity contribution in [2.24, 2.45) is 0 Å². The molecule has 1 heterocycles. The highest BCUT2D eigenvalue weighted by Crippen LogP contribution is 2.30. The van der Waals surface area contributed by atoms with Crippen molar-refractivity contribution >= 4 is 29.1 Å². The predicted octanol–water partition coefficient (Wildman–Crippen LogP) is 3.63. The Morgan fingerprint density at radius 3 is 2.21 bits per heavy atom. The van der Waals surface area contributed by atoms with Crippen LogP contribution in [-0.2, 0) is 4.74 Å². The van der Waals surface area contributed by atoms with Gasteiger partial charge in [-0.15, -0.1) is 0 Å².